The van der Waals surface area contributed by atoms with E-state index >= 15 is 0 Å². The van der Waals surface area contributed by atoms with Gasteiger partial charge in [0.2, 0.25) is 0 Å². The summed E-state index contributed by atoms with van der Waals surface area (Å²) in [7, 11) is 0. The molecule has 3 heteroatoms. The van der Waals surface area contributed by atoms with Crippen LogP contribution in [0.2, 0.25) is 0 Å². The second kappa shape index (κ2) is 8.37. The van der Waals surface area contributed by atoms with Gasteiger partial charge in [0.25, 0.3) is 0 Å². The molecule has 0 saturated heterocycles. The highest BCUT2D eigenvalue weighted by Gasteiger charge is 1.98. The Balaban J connectivity index is 2.89. The lowest BCUT2D eigenvalue weighted by Crippen LogP contribution is -2.03. The van der Waals surface area contributed by atoms with Crippen LogP contribution in [0.5, 0.6) is 0 Å². The zero-order valence-electron chi connectivity index (χ0n) is 7.12. The van der Waals surface area contributed by atoms with Gasteiger partial charge in [-0.1, -0.05) is 6.92 Å². The van der Waals surface area contributed by atoms with Crippen LogP contribution in [0.15, 0.2) is 0 Å². The standard InChI is InChI=1S/C8H18O2S/c1-8(6-10)7-11-5-3-2-4-9/h8-10H,2-7H2,1H3. The van der Waals surface area contributed by atoms with Crippen LogP contribution in [0.3, 0.4) is 0 Å². The first-order valence-electron chi connectivity index (χ1n) is 4.10. The van der Waals surface area contributed by atoms with E-state index in [2.05, 4.69) is 0 Å². The molecule has 68 valence electrons. The number of rotatable bonds is 7. The van der Waals surface area contributed by atoms with Crippen molar-refractivity contribution in [3.05, 3.63) is 0 Å². The highest BCUT2D eigenvalue weighted by molar-refractivity contribution is 7.99. The van der Waals surface area contributed by atoms with E-state index in [1.165, 1.54) is 0 Å². The molecule has 0 radical (unpaired) electrons. The summed E-state index contributed by atoms with van der Waals surface area (Å²) in [4.78, 5) is 0. The highest BCUT2D eigenvalue weighted by atomic mass is 32.2. The molecule has 0 amide bonds. The molecule has 1 atom stereocenters. The van der Waals surface area contributed by atoms with Gasteiger partial charge in [-0.15, -0.1) is 0 Å². The molecule has 0 aromatic carbocycles. The van der Waals surface area contributed by atoms with Gasteiger partial charge in [-0.25, -0.2) is 0 Å². The van der Waals surface area contributed by atoms with Crippen molar-refractivity contribution in [3.63, 3.8) is 0 Å². The van der Waals surface area contributed by atoms with E-state index in [-0.39, 0.29) is 6.61 Å². The Hall–Kier alpha value is 0.270. The average molecular weight is 178 g/mol. The lowest BCUT2D eigenvalue weighted by molar-refractivity contribution is 0.250. The third-order valence-electron chi connectivity index (χ3n) is 1.41. The van der Waals surface area contributed by atoms with Gasteiger partial charge in [-0.2, -0.15) is 11.8 Å². The number of aliphatic hydroxyl groups excluding tert-OH is 2. The Morgan fingerprint density at radius 1 is 1.27 bits per heavy atom. The van der Waals surface area contributed by atoms with Crippen molar-refractivity contribution in [2.45, 2.75) is 19.8 Å². The monoisotopic (exact) mass is 178 g/mol. The maximum atomic E-state index is 8.68. The normalized spacial score (nSPS) is 13.4. The summed E-state index contributed by atoms with van der Waals surface area (Å²) < 4.78 is 0. The smallest absolute Gasteiger partial charge is 0.0464 e. The van der Waals surface area contributed by atoms with E-state index in [1.54, 1.807) is 0 Å². The predicted molar refractivity (Wildman–Crippen MR) is 49.9 cm³/mol. The fourth-order valence-corrected chi connectivity index (χ4v) is 1.74. The molecule has 0 aromatic rings. The zero-order chi connectivity index (χ0) is 8.53. The maximum absolute atomic E-state index is 8.68. The minimum atomic E-state index is 0.285. The van der Waals surface area contributed by atoms with Gasteiger partial charge < -0.3 is 10.2 Å². The molecule has 0 aliphatic carbocycles. The Kier molecular flexibility index (Phi) is 8.57. The average Bonchev–Trinajstić information content (AvgIpc) is 2.04. The molecule has 0 rings (SSSR count). The number of aliphatic hydroxyl groups is 2. The lowest BCUT2D eigenvalue weighted by atomic mass is 10.2. The maximum Gasteiger partial charge on any atom is 0.0464 e. The number of hydrogen-bond donors (Lipinski definition) is 2. The third kappa shape index (κ3) is 8.17. The summed E-state index contributed by atoms with van der Waals surface area (Å²) in [5, 5.41) is 17.2. The number of thioether (sulfide) groups is 1. The largest absolute Gasteiger partial charge is 0.396 e. The molecule has 2 nitrogen and oxygen atoms in total. The van der Waals surface area contributed by atoms with Crippen LogP contribution in [0.1, 0.15) is 19.8 Å². The number of unbranched alkanes of at least 4 members (excludes halogenated alkanes) is 1. The predicted octanol–water partition coefficient (Wildman–Crippen LogP) is 1.12. The molecule has 11 heavy (non-hydrogen) atoms. The Labute approximate surface area is 73.0 Å². The fraction of sp³-hybridized carbons (Fsp3) is 1.00. The minimum absolute atomic E-state index is 0.285. The van der Waals surface area contributed by atoms with Gasteiger partial charge in [-0.3, -0.25) is 0 Å². The molecular weight excluding hydrogens is 160 g/mol. The zero-order valence-corrected chi connectivity index (χ0v) is 7.94. The molecule has 0 aromatic heterocycles. The minimum Gasteiger partial charge on any atom is -0.396 e. The van der Waals surface area contributed by atoms with Crippen molar-refractivity contribution in [1.82, 2.24) is 0 Å². The first kappa shape index (κ1) is 11.3. The molecule has 1 unspecified atom stereocenters. The van der Waals surface area contributed by atoms with Crippen LogP contribution in [0.4, 0.5) is 0 Å². The van der Waals surface area contributed by atoms with E-state index in [0.717, 1.165) is 24.3 Å². The second-order valence-corrected chi connectivity index (χ2v) is 3.94. The summed E-state index contributed by atoms with van der Waals surface area (Å²) in [6.07, 6.45) is 1.99. The van der Waals surface area contributed by atoms with Gasteiger partial charge in [0.1, 0.15) is 0 Å². The quantitative estimate of drug-likeness (QED) is 0.574. The van der Waals surface area contributed by atoms with Crippen molar-refractivity contribution in [2.75, 3.05) is 24.7 Å². The van der Waals surface area contributed by atoms with Crippen molar-refractivity contribution < 1.29 is 10.2 Å². The Morgan fingerprint density at radius 3 is 2.55 bits per heavy atom. The van der Waals surface area contributed by atoms with Crippen molar-refractivity contribution in [3.8, 4) is 0 Å². The van der Waals surface area contributed by atoms with E-state index in [4.69, 9.17) is 10.2 Å². The van der Waals surface area contributed by atoms with Crippen LogP contribution in [0, 0.1) is 5.92 Å². The molecule has 0 spiro atoms. The van der Waals surface area contributed by atoms with Crippen molar-refractivity contribution in [2.24, 2.45) is 5.92 Å². The Morgan fingerprint density at radius 2 is 2.00 bits per heavy atom. The van der Waals surface area contributed by atoms with Crippen molar-refractivity contribution in [1.29, 1.82) is 0 Å². The lowest BCUT2D eigenvalue weighted by Gasteiger charge is -2.05. The van der Waals surface area contributed by atoms with Gasteiger partial charge in [0.05, 0.1) is 0 Å². The molecule has 0 aliphatic rings. The molecule has 0 aliphatic heterocycles. The summed E-state index contributed by atoms with van der Waals surface area (Å²) in [5.41, 5.74) is 0. The van der Waals surface area contributed by atoms with Gasteiger partial charge >= 0.3 is 0 Å². The molecule has 0 fully saturated rings. The summed E-state index contributed by atoms with van der Waals surface area (Å²) in [6.45, 7) is 2.63. The van der Waals surface area contributed by atoms with Crippen LogP contribution < -0.4 is 0 Å². The van der Waals surface area contributed by atoms with Crippen LogP contribution in [0.25, 0.3) is 0 Å². The van der Waals surface area contributed by atoms with E-state index < -0.39 is 0 Å². The van der Waals surface area contributed by atoms with Crippen LogP contribution in [-0.2, 0) is 0 Å². The summed E-state index contributed by atoms with van der Waals surface area (Å²) >= 11 is 1.85. The molecule has 0 saturated carbocycles. The van der Waals surface area contributed by atoms with Gasteiger partial charge in [0, 0.05) is 13.2 Å². The first-order chi connectivity index (χ1) is 5.31. The van der Waals surface area contributed by atoms with Crippen LogP contribution >= 0.6 is 11.8 Å². The summed E-state index contributed by atoms with van der Waals surface area (Å²) in [6, 6.07) is 0. The van der Waals surface area contributed by atoms with Crippen LogP contribution in [-0.4, -0.2) is 34.9 Å². The third-order valence-corrected chi connectivity index (χ3v) is 2.79. The SMILES string of the molecule is CC(CO)CSCCCCO. The highest BCUT2D eigenvalue weighted by Crippen LogP contribution is 2.09. The first-order valence-corrected chi connectivity index (χ1v) is 5.26. The topological polar surface area (TPSA) is 40.5 Å². The fourth-order valence-electron chi connectivity index (χ4n) is 0.653. The summed E-state index contributed by atoms with van der Waals surface area (Å²) in [5.74, 6) is 2.54. The Bertz CT molecular complexity index is 78.5. The van der Waals surface area contributed by atoms with Crippen molar-refractivity contribution >= 4 is 11.8 Å². The van der Waals surface area contributed by atoms with E-state index in [9.17, 15) is 0 Å². The van der Waals surface area contributed by atoms with Gasteiger partial charge in [-0.05, 0) is 30.3 Å². The molecule has 2 N–H and O–H groups in total. The van der Waals surface area contributed by atoms with Gasteiger partial charge in [0.15, 0.2) is 0 Å². The molecule has 0 heterocycles. The number of hydrogen-bond acceptors (Lipinski definition) is 3. The van der Waals surface area contributed by atoms with E-state index in [1.807, 2.05) is 18.7 Å². The molecule has 0 bridgehead atoms. The second-order valence-electron chi connectivity index (χ2n) is 2.79. The van der Waals surface area contributed by atoms with E-state index in [0.29, 0.717) is 12.5 Å². The molecular formula is C8H18O2S.